The number of likely N-dealkylation sites (tertiary alicyclic amines) is 1. The summed E-state index contributed by atoms with van der Waals surface area (Å²) in [6.07, 6.45) is -3.09. The predicted molar refractivity (Wildman–Crippen MR) is 140 cm³/mol. The molecule has 1 unspecified atom stereocenters. The summed E-state index contributed by atoms with van der Waals surface area (Å²) >= 11 is 2.58. The van der Waals surface area contributed by atoms with E-state index < -0.39 is 28.3 Å². The lowest BCUT2D eigenvalue weighted by Crippen LogP contribution is -2.42. The molecule has 0 radical (unpaired) electrons. The van der Waals surface area contributed by atoms with E-state index in [0.29, 0.717) is 42.1 Å². The first-order valence-electron chi connectivity index (χ1n) is 11.6. The Morgan fingerprint density at radius 2 is 2.11 bits per heavy atom. The number of sulfonamides is 1. The number of thiophene rings is 1. The Morgan fingerprint density at radius 1 is 1.29 bits per heavy atom. The Balaban J connectivity index is 1.32. The number of benzene rings is 1. The van der Waals surface area contributed by atoms with Crippen molar-refractivity contribution in [3.05, 3.63) is 52.9 Å². The van der Waals surface area contributed by atoms with Gasteiger partial charge >= 0.3 is 12.1 Å². The third-order valence-corrected chi connectivity index (χ3v) is 10.4. The number of nitrogens with one attached hydrogen (secondary N) is 1. The number of esters is 1. The maximum atomic E-state index is 13.1. The molecule has 0 amide bonds. The van der Waals surface area contributed by atoms with Crippen LogP contribution >= 0.6 is 22.7 Å². The van der Waals surface area contributed by atoms with Crippen molar-refractivity contribution in [2.24, 2.45) is 0 Å². The molecular formula is C24H23F3N4O4S3. The molecule has 1 aliphatic rings. The highest BCUT2D eigenvalue weighted by Gasteiger charge is 2.42. The summed E-state index contributed by atoms with van der Waals surface area (Å²) in [6, 6.07) is 10.6. The van der Waals surface area contributed by atoms with Crippen LogP contribution in [0.5, 0.6) is 0 Å². The average Bonchev–Trinajstić information content (AvgIpc) is 3.63. The van der Waals surface area contributed by atoms with Gasteiger partial charge in [-0.25, -0.2) is 18.2 Å². The van der Waals surface area contributed by atoms with Crippen LogP contribution in [0.1, 0.15) is 17.7 Å². The number of ether oxygens (including phenoxy) is 1. The molecule has 202 valence electrons. The van der Waals surface area contributed by atoms with Gasteiger partial charge in [0.25, 0.3) is 10.0 Å². The zero-order valence-electron chi connectivity index (χ0n) is 20.1. The molecule has 38 heavy (non-hydrogen) atoms. The molecular weight excluding hydrogens is 561 g/mol. The summed E-state index contributed by atoms with van der Waals surface area (Å²) in [5, 5.41) is 3.24. The number of fused-ring (bicyclic) bond motifs is 1. The number of carbonyl (C=O) groups excluding carboxylic acids is 1. The van der Waals surface area contributed by atoms with Crippen molar-refractivity contribution in [2.45, 2.75) is 35.9 Å². The maximum Gasteiger partial charge on any atom is 0.490 e. The summed E-state index contributed by atoms with van der Waals surface area (Å²) < 4.78 is 69.9. The van der Waals surface area contributed by atoms with Crippen molar-refractivity contribution in [3.8, 4) is 10.7 Å². The van der Waals surface area contributed by atoms with E-state index in [9.17, 15) is 26.4 Å². The second-order valence-electron chi connectivity index (χ2n) is 8.86. The number of piperidine rings is 1. The van der Waals surface area contributed by atoms with Crippen molar-refractivity contribution in [2.75, 3.05) is 24.4 Å². The van der Waals surface area contributed by atoms with Crippen LogP contribution in [0.3, 0.4) is 0 Å². The highest BCUT2D eigenvalue weighted by molar-refractivity contribution is 7.94. The normalized spacial score (nSPS) is 17.1. The number of hydrogen-bond donors (Lipinski definition) is 1. The van der Waals surface area contributed by atoms with Crippen LogP contribution in [-0.4, -0.2) is 61.7 Å². The summed E-state index contributed by atoms with van der Waals surface area (Å²) in [5.41, 5.74) is 1.89. The van der Waals surface area contributed by atoms with Crippen LogP contribution in [0.15, 0.2) is 52.2 Å². The molecule has 1 aliphatic heterocycles. The van der Waals surface area contributed by atoms with Crippen LogP contribution in [0.2, 0.25) is 0 Å². The number of aromatic amines is 1. The summed E-state index contributed by atoms with van der Waals surface area (Å²) in [5.74, 6) is -2.16. The fourth-order valence-electron chi connectivity index (χ4n) is 4.39. The molecule has 0 aliphatic carbocycles. The van der Waals surface area contributed by atoms with Gasteiger partial charge in [-0.05, 0) is 43.0 Å². The number of carbonyl (C=O) groups is 1. The average molecular weight is 585 g/mol. The summed E-state index contributed by atoms with van der Waals surface area (Å²) in [6.45, 7) is 1.36. The molecule has 8 nitrogen and oxygen atoms in total. The van der Waals surface area contributed by atoms with E-state index in [1.807, 2.05) is 17.0 Å². The molecule has 0 saturated carbocycles. The monoisotopic (exact) mass is 584 g/mol. The Morgan fingerprint density at radius 3 is 2.84 bits per heavy atom. The number of aromatic nitrogens is 2. The third-order valence-electron chi connectivity index (χ3n) is 6.21. The smallest absolute Gasteiger partial charge is 0.454 e. The number of nitrogens with zero attached hydrogens (tertiary/aromatic N) is 3. The first-order chi connectivity index (χ1) is 18.0. The number of hydrogen-bond acceptors (Lipinski definition) is 8. The van der Waals surface area contributed by atoms with E-state index in [0.717, 1.165) is 27.3 Å². The second kappa shape index (κ2) is 10.3. The molecule has 3 aromatic heterocycles. The van der Waals surface area contributed by atoms with Gasteiger partial charge in [-0.15, -0.1) is 22.7 Å². The molecule has 1 aromatic carbocycles. The number of para-hydroxylation sites is 1. The Labute approximate surface area is 224 Å². The van der Waals surface area contributed by atoms with Gasteiger partial charge in [0.15, 0.2) is 0 Å². The number of alkyl halides is 3. The van der Waals surface area contributed by atoms with Crippen molar-refractivity contribution < 1.29 is 31.1 Å². The quantitative estimate of drug-likeness (QED) is 0.298. The molecule has 5 rings (SSSR count). The number of H-pyrrole nitrogens is 1. The van der Waals surface area contributed by atoms with Gasteiger partial charge in [0.1, 0.15) is 15.3 Å². The minimum atomic E-state index is -5.00. The number of anilines is 1. The third kappa shape index (κ3) is 5.44. The Bertz CT molecular complexity index is 1550. The Hall–Kier alpha value is -2.94. The van der Waals surface area contributed by atoms with Crippen LogP contribution in [0, 0.1) is 0 Å². The zero-order valence-corrected chi connectivity index (χ0v) is 22.5. The van der Waals surface area contributed by atoms with Gasteiger partial charge < -0.3 is 9.72 Å². The van der Waals surface area contributed by atoms with Crippen LogP contribution < -0.4 is 4.31 Å². The first kappa shape index (κ1) is 26.7. The minimum absolute atomic E-state index is 0.218. The van der Waals surface area contributed by atoms with Gasteiger partial charge in [-0.3, -0.25) is 9.21 Å². The van der Waals surface area contributed by atoms with Gasteiger partial charge in [-0.1, -0.05) is 18.2 Å². The molecule has 1 atom stereocenters. The van der Waals surface area contributed by atoms with Crippen LogP contribution in [0.25, 0.3) is 21.6 Å². The van der Waals surface area contributed by atoms with Gasteiger partial charge in [0, 0.05) is 36.6 Å². The Kier molecular flexibility index (Phi) is 7.24. The molecule has 0 bridgehead atoms. The van der Waals surface area contributed by atoms with Crippen molar-refractivity contribution in [1.29, 1.82) is 0 Å². The summed E-state index contributed by atoms with van der Waals surface area (Å²) in [7, 11) is -2.19. The van der Waals surface area contributed by atoms with Gasteiger partial charge in [0.05, 0.1) is 16.9 Å². The van der Waals surface area contributed by atoms with E-state index in [1.165, 1.54) is 22.7 Å². The maximum absolute atomic E-state index is 13.1. The second-order valence-corrected chi connectivity index (χ2v) is 13.1. The lowest BCUT2D eigenvalue weighted by Gasteiger charge is -2.31. The number of thiazole rings is 1. The fourth-order valence-corrected chi connectivity index (χ4v) is 7.68. The lowest BCUT2D eigenvalue weighted by atomic mass is 10.1. The zero-order chi connectivity index (χ0) is 27.1. The van der Waals surface area contributed by atoms with Gasteiger partial charge in [0.2, 0.25) is 0 Å². The minimum Gasteiger partial charge on any atom is -0.454 e. The molecule has 1 N–H and O–H groups in total. The molecule has 1 fully saturated rings. The van der Waals surface area contributed by atoms with Gasteiger partial charge in [-0.2, -0.15) is 13.2 Å². The largest absolute Gasteiger partial charge is 0.490 e. The molecule has 0 spiro atoms. The van der Waals surface area contributed by atoms with Crippen molar-refractivity contribution in [1.82, 2.24) is 14.9 Å². The van der Waals surface area contributed by atoms with Crippen LogP contribution in [-0.2, 0) is 26.1 Å². The lowest BCUT2D eigenvalue weighted by molar-refractivity contribution is -0.206. The standard InChI is InChI=1S/C24H23F3N4O4S3/c1-30(38(33,34)20-8-4-10-36-20)19-7-2-5-15-11-18(29-21(15)19)22-28-12-17(37-22)14-31-9-3-6-16(13-31)35-23(32)24(25,26)27/h2,4-5,7-8,10-12,16,29H,3,6,9,13-14H2,1H3. The van der Waals surface area contributed by atoms with Crippen molar-refractivity contribution >= 4 is 55.3 Å². The topological polar surface area (TPSA) is 95.6 Å². The number of halogens is 3. The highest BCUT2D eigenvalue weighted by atomic mass is 32.2. The molecule has 14 heteroatoms. The SMILES string of the molecule is CN(c1cccc2cc(-c3ncc(CN4CCCC(OC(=O)C(F)(F)F)C4)s3)[nH]c12)S(=O)(=O)c1cccs1. The van der Waals surface area contributed by atoms with E-state index in [4.69, 9.17) is 0 Å². The molecule has 4 heterocycles. The fraction of sp³-hybridized carbons (Fsp3) is 0.333. The predicted octanol–water partition coefficient (Wildman–Crippen LogP) is 5.25. The van der Waals surface area contributed by atoms with E-state index in [2.05, 4.69) is 14.7 Å². The van der Waals surface area contributed by atoms with E-state index >= 15 is 0 Å². The first-order valence-corrected chi connectivity index (χ1v) is 14.8. The van der Waals surface area contributed by atoms with Crippen molar-refractivity contribution in [3.63, 3.8) is 0 Å². The summed E-state index contributed by atoms with van der Waals surface area (Å²) in [4.78, 5) is 21.9. The number of rotatable bonds is 7. The highest BCUT2D eigenvalue weighted by Crippen LogP contribution is 2.35. The van der Waals surface area contributed by atoms with Crippen LogP contribution in [0.4, 0.5) is 18.9 Å². The van der Waals surface area contributed by atoms with E-state index in [-0.39, 0.29) is 10.8 Å². The molecule has 4 aromatic rings. The van der Waals surface area contributed by atoms with E-state index in [1.54, 1.807) is 35.8 Å². The molecule has 1 saturated heterocycles.